The second-order valence-electron chi connectivity index (χ2n) is 7.20. The van der Waals surface area contributed by atoms with E-state index < -0.39 is 17.5 Å². The predicted octanol–water partition coefficient (Wildman–Crippen LogP) is 4.53. The lowest BCUT2D eigenvalue weighted by Gasteiger charge is -2.17. The van der Waals surface area contributed by atoms with Crippen LogP contribution in [0.25, 0.3) is 22.0 Å². The summed E-state index contributed by atoms with van der Waals surface area (Å²) in [5, 5.41) is 23.7. The smallest absolute Gasteiger partial charge is 0.416 e. The van der Waals surface area contributed by atoms with E-state index in [1.165, 1.54) is 6.07 Å². The molecule has 2 heterocycles. The fourth-order valence-corrected chi connectivity index (χ4v) is 3.75. The number of aromatic nitrogens is 2. The molecule has 0 spiro atoms. The van der Waals surface area contributed by atoms with Crippen LogP contribution in [0, 0.1) is 0 Å². The van der Waals surface area contributed by atoms with Gasteiger partial charge in [0.1, 0.15) is 11.4 Å². The van der Waals surface area contributed by atoms with Crippen LogP contribution in [0.3, 0.4) is 0 Å². The fourth-order valence-electron chi connectivity index (χ4n) is 3.75. The number of benzene rings is 2. The Hall–Kier alpha value is -2.87. The molecule has 2 N–H and O–H groups in total. The highest BCUT2D eigenvalue weighted by molar-refractivity contribution is 6.00. The van der Waals surface area contributed by atoms with E-state index in [4.69, 9.17) is 0 Å². The summed E-state index contributed by atoms with van der Waals surface area (Å²) in [6, 6.07) is 10.6. The number of alkyl halides is 3. The SMILES string of the molecule is CCN1CC[C@@H](Nc2nnc(-c3ccc(C(F)(F)F)cc3O)c3ccccc23)C1. The molecular weight excluding hydrogens is 381 g/mol. The van der Waals surface area contributed by atoms with E-state index in [1.54, 1.807) is 0 Å². The van der Waals surface area contributed by atoms with Gasteiger partial charge in [-0.05, 0) is 31.2 Å². The molecule has 0 radical (unpaired) electrons. The Bertz CT molecular complexity index is 1040. The minimum atomic E-state index is -4.52. The Morgan fingerprint density at radius 1 is 1.14 bits per heavy atom. The Kier molecular flexibility index (Phi) is 5.04. The molecule has 8 heteroatoms. The molecule has 4 rings (SSSR count). The normalized spacial score (nSPS) is 17.7. The average Bonchev–Trinajstić information content (AvgIpc) is 3.15. The third-order valence-electron chi connectivity index (χ3n) is 5.33. The highest BCUT2D eigenvalue weighted by atomic mass is 19.4. The summed E-state index contributed by atoms with van der Waals surface area (Å²) in [5.41, 5.74) is -0.346. The first kappa shape index (κ1) is 19.4. The quantitative estimate of drug-likeness (QED) is 0.672. The number of aromatic hydroxyl groups is 1. The topological polar surface area (TPSA) is 61.3 Å². The van der Waals surface area contributed by atoms with Crippen molar-refractivity contribution in [1.29, 1.82) is 0 Å². The van der Waals surface area contributed by atoms with Crippen LogP contribution in [0.5, 0.6) is 5.75 Å². The maximum Gasteiger partial charge on any atom is 0.416 e. The molecule has 1 atom stereocenters. The summed E-state index contributed by atoms with van der Waals surface area (Å²) in [6.07, 6.45) is -3.52. The molecule has 0 aliphatic carbocycles. The van der Waals surface area contributed by atoms with E-state index in [1.807, 2.05) is 24.3 Å². The number of fused-ring (bicyclic) bond motifs is 1. The number of rotatable bonds is 4. The van der Waals surface area contributed by atoms with Crippen LogP contribution in [0.4, 0.5) is 19.0 Å². The molecule has 29 heavy (non-hydrogen) atoms. The Morgan fingerprint density at radius 3 is 2.55 bits per heavy atom. The molecule has 1 aliphatic heterocycles. The highest BCUT2D eigenvalue weighted by Gasteiger charge is 2.31. The second-order valence-corrected chi connectivity index (χ2v) is 7.20. The van der Waals surface area contributed by atoms with Gasteiger partial charge in [0.25, 0.3) is 0 Å². The average molecular weight is 402 g/mol. The van der Waals surface area contributed by atoms with Crippen molar-refractivity contribution in [2.75, 3.05) is 25.0 Å². The van der Waals surface area contributed by atoms with Crippen molar-refractivity contribution >= 4 is 16.6 Å². The standard InChI is InChI=1S/C21H21F3N4O/c1-2-28-10-9-14(12-28)25-20-16-6-4-3-5-15(16)19(26-27-20)17-8-7-13(11-18(17)29)21(22,23)24/h3-8,11,14,29H,2,9-10,12H2,1H3,(H,25,27)/t14-/m1/s1. The predicted molar refractivity (Wildman–Crippen MR) is 106 cm³/mol. The van der Waals surface area contributed by atoms with Crippen molar-refractivity contribution < 1.29 is 18.3 Å². The molecule has 5 nitrogen and oxygen atoms in total. The fraction of sp³-hybridized carbons (Fsp3) is 0.333. The Balaban J connectivity index is 1.72. The van der Waals surface area contributed by atoms with Crippen LogP contribution >= 0.6 is 0 Å². The number of nitrogens with one attached hydrogen (secondary N) is 1. The molecule has 0 amide bonds. The van der Waals surface area contributed by atoms with Gasteiger partial charge in [0.15, 0.2) is 5.82 Å². The first-order valence-corrected chi connectivity index (χ1v) is 9.51. The lowest BCUT2D eigenvalue weighted by atomic mass is 10.0. The molecule has 3 aromatic rings. The van der Waals surface area contributed by atoms with Gasteiger partial charge in [0.05, 0.1) is 5.56 Å². The highest BCUT2D eigenvalue weighted by Crippen LogP contribution is 2.38. The molecule has 1 aliphatic rings. The third kappa shape index (κ3) is 3.85. The molecule has 1 saturated heterocycles. The van der Waals surface area contributed by atoms with Crippen LogP contribution in [0.1, 0.15) is 18.9 Å². The number of hydrogen-bond donors (Lipinski definition) is 2. The lowest BCUT2D eigenvalue weighted by Crippen LogP contribution is -2.26. The Labute approximate surface area is 166 Å². The first-order valence-electron chi connectivity index (χ1n) is 9.51. The van der Waals surface area contributed by atoms with Crippen molar-refractivity contribution in [3.63, 3.8) is 0 Å². The van der Waals surface area contributed by atoms with Crippen molar-refractivity contribution in [1.82, 2.24) is 15.1 Å². The van der Waals surface area contributed by atoms with Gasteiger partial charge in [-0.2, -0.15) is 13.2 Å². The number of phenols is 1. The van der Waals surface area contributed by atoms with Crippen LogP contribution in [-0.2, 0) is 6.18 Å². The molecule has 2 aromatic carbocycles. The molecule has 152 valence electrons. The minimum Gasteiger partial charge on any atom is -0.507 e. The summed E-state index contributed by atoms with van der Waals surface area (Å²) in [5.74, 6) is 0.160. The van der Waals surface area contributed by atoms with Crippen LogP contribution in [0.15, 0.2) is 42.5 Å². The second kappa shape index (κ2) is 7.51. The monoisotopic (exact) mass is 402 g/mol. The van der Waals surface area contributed by atoms with Crippen molar-refractivity contribution in [2.45, 2.75) is 25.6 Å². The minimum absolute atomic E-state index is 0.214. The van der Waals surface area contributed by atoms with Gasteiger partial charge in [-0.25, -0.2) is 0 Å². The van der Waals surface area contributed by atoms with Crippen molar-refractivity contribution in [2.24, 2.45) is 0 Å². The van der Waals surface area contributed by atoms with E-state index in [0.717, 1.165) is 43.6 Å². The van der Waals surface area contributed by atoms with Gasteiger partial charge in [-0.1, -0.05) is 31.2 Å². The maximum absolute atomic E-state index is 12.9. The van der Waals surface area contributed by atoms with Crippen molar-refractivity contribution in [3.8, 4) is 17.0 Å². The summed E-state index contributed by atoms with van der Waals surface area (Å²) >= 11 is 0. The van der Waals surface area contributed by atoms with E-state index in [9.17, 15) is 18.3 Å². The zero-order valence-corrected chi connectivity index (χ0v) is 15.9. The van der Waals surface area contributed by atoms with E-state index >= 15 is 0 Å². The van der Waals surface area contributed by atoms with Crippen LogP contribution < -0.4 is 5.32 Å². The largest absolute Gasteiger partial charge is 0.507 e. The molecule has 0 bridgehead atoms. The number of likely N-dealkylation sites (N-methyl/N-ethyl adjacent to an activating group) is 1. The number of phenolic OH excluding ortho intramolecular Hbond substituents is 1. The van der Waals surface area contributed by atoms with Gasteiger partial charge < -0.3 is 15.3 Å². The summed E-state index contributed by atoms with van der Waals surface area (Å²) in [7, 11) is 0. The zero-order valence-electron chi connectivity index (χ0n) is 15.9. The van der Waals surface area contributed by atoms with Gasteiger partial charge in [0.2, 0.25) is 0 Å². The summed E-state index contributed by atoms with van der Waals surface area (Å²) in [4.78, 5) is 2.35. The summed E-state index contributed by atoms with van der Waals surface area (Å²) in [6.45, 7) is 5.07. The van der Waals surface area contributed by atoms with E-state index in [-0.39, 0.29) is 11.6 Å². The van der Waals surface area contributed by atoms with Gasteiger partial charge in [-0.15, -0.1) is 10.2 Å². The van der Waals surface area contributed by atoms with E-state index in [0.29, 0.717) is 16.9 Å². The third-order valence-corrected chi connectivity index (χ3v) is 5.33. The number of hydrogen-bond acceptors (Lipinski definition) is 5. The zero-order chi connectivity index (χ0) is 20.6. The van der Waals surface area contributed by atoms with Crippen LogP contribution in [0.2, 0.25) is 0 Å². The molecular formula is C21H21F3N4O. The van der Waals surface area contributed by atoms with Crippen LogP contribution in [-0.4, -0.2) is 45.9 Å². The van der Waals surface area contributed by atoms with E-state index in [2.05, 4.69) is 27.3 Å². The molecule has 1 fully saturated rings. The summed E-state index contributed by atoms with van der Waals surface area (Å²) < 4.78 is 38.7. The molecule has 0 unspecified atom stereocenters. The van der Waals surface area contributed by atoms with Gasteiger partial charge in [-0.3, -0.25) is 0 Å². The molecule has 1 aromatic heterocycles. The first-order chi connectivity index (χ1) is 13.9. The Morgan fingerprint density at radius 2 is 1.90 bits per heavy atom. The number of nitrogens with zero attached hydrogens (tertiary/aromatic N) is 3. The van der Waals surface area contributed by atoms with Gasteiger partial charge in [0, 0.05) is 35.5 Å². The number of likely N-dealkylation sites (tertiary alicyclic amines) is 1. The maximum atomic E-state index is 12.9. The van der Waals surface area contributed by atoms with Gasteiger partial charge >= 0.3 is 6.18 Å². The molecule has 0 saturated carbocycles. The lowest BCUT2D eigenvalue weighted by molar-refractivity contribution is -0.137. The number of anilines is 1. The van der Waals surface area contributed by atoms with Crippen molar-refractivity contribution in [3.05, 3.63) is 48.0 Å². The number of halogens is 3.